The van der Waals surface area contributed by atoms with Crippen LogP contribution in [0.1, 0.15) is 11.3 Å². The third-order valence-corrected chi connectivity index (χ3v) is 4.31. The molecule has 0 saturated carbocycles. The Labute approximate surface area is 173 Å². The Morgan fingerprint density at radius 1 is 0.900 bits per heavy atom. The fraction of sp³-hybridized carbons (Fsp3) is 0.0909. The largest absolute Gasteiger partial charge is 0.438 e. The van der Waals surface area contributed by atoms with Crippen molar-refractivity contribution < 1.29 is 9.53 Å². The first kappa shape index (κ1) is 19.1. The Morgan fingerprint density at radius 2 is 1.70 bits per heavy atom. The first-order valence-electron chi connectivity index (χ1n) is 9.35. The average Bonchev–Trinajstić information content (AvgIpc) is 3.18. The van der Waals surface area contributed by atoms with Crippen molar-refractivity contribution in [3.8, 4) is 17.4 Å². The van der Waals surface area contributed by atoms with E-state index in [4.69, 9.17) is 4.74 Å². The maximum atomic E-state index is 12.2. The zero-order valence-electron chi connectivity index (χ0n) is 16.5. The van der Waals surface area contributed by atoms with Crippen LogP contribution < -0.4 is 15.4 Å². The number of nitrogens with one attached hydrogen (secondary N) is 2. The molecule has 2 aromatic heterocycles. The first-order chi connectivity index (χ1) is 14.6. The quantitative estimate of drug-likeness (QED) is 0.506. The van der Waals surface area contributed by atoms with E-state index in [2.05, 4.69) is 25.9 Å². The highest BCUT2D eigenvalue weighted by Crippen LogP contribution is 2.22. The summed E-state index contributed by atoms with van der Waals surface area (Å²) in [6.07, 6.45) is 1.82. The SMILES string of the molecule is Cc1ccn(-c2ccc(Oc3ccc(NC(=O)Nc4ccccc4C)cc3)nn2)n1. The van der Waals surface area contributed by atoms with E-state index >= 15 is 0 Å². The number of rotatable bonds is 5. The van der Waals surface area contributed by atoms with E-state index in [1.165, 1.54) is 0 Å². The second-order valence-corrected chi connectivity index (χ2v) is 6.65. The molecule has 0 fully saturated rings. The highest BCUT2D eigenvalue weighted by Gasteiger charge is 2.06. The standard InChI is InChI=1S/C22H20N6O2/c1-15-5-3-4-6-19(15)24-22(29)23-17-7-9-18(10-8-17)30-21-12-11-20(25-26-21)28-14-13-16(2)27-28/h3-14H,1-2H3,(H2,23,24,29). The molecule has 0 aliphatic rings. The lowest BCUT2D eigenvalue weighted by Crippen LogP contribution is -2.19. The van der Waals surface area contributed by atoms with Crippen LogP contribution in [0, 0.1) is 13.8 Å². The average molecular weight is 400 g/mol. The summed E-state index contributed by atoms with van der Waals surface area (Å²) in [5, 5.41) is 18.1. The van der Waals surface area contributed by atoms with Gasteiger partial charge in [-0.05, 0) is 61.9 Å². The summed E-state index contributed by atoms with van der Waals surface area (Å²) in [7, 11) is 0. The van der Waals surface area contributed by atoms with Crippen molar-refractivity contribution in [2.75, 3.05) is 10.6 Å². The number of anilines is 2. The molecule has 2 N–H and O–H groups in total. The third-order valence-electron chi connectivity index (χ3n) is 4.31. The molecule has 0 spiro atoms. The number of hydrogen-bond donors (Lipinski definition) is 2. The number of aryl methyl sites for hydroxylation is 2. The first-order valence-corrected chi connectivity index (χ1v) is 9.35. The van der Waals surface area contributed by atoms with Crippen LogP contribution in [-0.4, -0.2) is 26.0 Å². The van der Waals surface area contributed by atoms with Crippen molar-refractivity contribution in [2.45, 2.75) is 13.8 Å². The maximum absolute atomic E-state index is 12.2. The minimum absolute atomic E-state index is 0.312. The topological polar surface area (TPSA) is 94.0 Å². The van der Waals surface area contributed by atoms with Crippen molar-refractivity contribution in [1.29, 1.82) is 0 Å². The molecule has 0 atom stereocenters. The number of benzene rings is 2. The summed E-state index contributed by atoms with van der Waals surface area (Å²) in [5.74, 6) is 1.55. The van der Waals surface area contributed by atoms with E-state index in [0.717, 1.165) is 16.9 Å². The van der Waals surface area contributed by atoms with Gasteiger partial charge in [-0.15, -0.1) is 10.2 Å². The van der Waals surface area contributed by atoms with E-state index in [9.17, 15) is 4.79 Å². The Hall–Kier alpha value is -4.20. The minimum Gasteiger partial charge on any atom is -0.438 e. The second kappa shape index (κ2) is 8.44. The summed E-state index contributed by atoms with van der Waals surface area (Å²) < 4.78 is 7.36. The van der Waals surface area contributed by atoms with Crippen molar-refractivity contribution in [3.05, 3.63) is 84.2 Å². The van der Waals surface area contributed by atoms with Crippen LogP contribution in [0.5, 0.6) is 11.6 Å². The van der Waals surface area contributed by atoms with Gasteiger partial charge in [0.1, 0.15) is 5.75 Å². The number of aromatic nitrogens is 4. The molecule has 2 heterocycles. The number of para-hydroxylation sites is 1. The van der Waals surface area contributed by atoms with Gasteiger partial charge in [-0.25, -0.2) is 9.48 Å². The molecule has 0 aliphatic carbocycles. The molecule has 0 radical (unpaired) electrons. The van der Waals surface area contributed by atoms with E-state index in [0.29, 0.717) is 23.1 Å². The molecule has 30 heavy (non-hydrogen) atoms. The Bertz CT molecular complexity index is 1150. The van der Waals surface area contributed by atoms with Crippen LogP contribution in [0.25, 0.3) is 5.82 Å². The fourth-order valence-corrected chi connectivity index (χ4v) is 2.76. The van der Waals surface area contributed by atoms with Gasteiger partial charge in [0.05, 0.1) is 5.69 Å². The lowest BCUT2D eigenvalue weighted by Gasteiger charge is -2.10. The number of amides is 2. The van der Waals surface area contributed by atoms with Gasteiger partial charge in [-0.2, -0.15) is 5.10 Å². The zero-order valence-corrected chi connectivity index (χ0v) is 16.5. The number of ether oxygens (including phenoxy) is 1. The fourth-order valence-electron chi connectivity index (χ4n) is 2.76. The van der Waals surface area contributed by atoms with Crippen LogP contribution in [0.2, 0.25) is 0 Å². The summed E-state index contributed by atoms with van der Waals surface area (Å²) in [5.41, 5.74) is 3.30. The van der Waals surface area contributed by atoms with Crippen LogP contribution >= 0.6 is 0 Å². The molecule has 4 rings (SSSR count). The van der Waals surface area contributed by atoms with Gasteiger partial charge in [-0.1, -0.05) is 18.2 Å². The van der Waals surface area contributed by atoms with E-state index in [-0.39, 0.29) is 6.03 Å². The van der Waals surface area contributed by atoms with Gasteiger partial charge in [0.15, 0.2) is 5.82 Å². The van der Waals surface area contributed by atoms with Crippen molar-refractivity contribution in [2.24, 2.45) is 0 Å². The van der Waals surface area contributed by atoms with Gasteiger partial charge < -0.3 is 15.4 Å². The molecule has 0 saturated heterocycles. The molecule has 0 aliphatic heterocycles. The molecule has 8 nitrogen and oxygen atoms in total. The number of urea groups is 1. The maximum Gasteiger partial charge on any atom is 0.323 e. The van der Waals surface area contributed by atoms with Crippen LogP contribution in [0.3, 0.4) is 0 Å². The predicted octanol–water partition coefficient (Wildman–Crippen LogP) is 4.72. The molecule has 4 aromatic rings. The monoisotopic (exact) mass is 400 g/mol. The summed E-state index contributed by atoms with van der Waals surface area (Å²) >= 11 is 0. The number of nitrogens with zero attached hydrogens (tertiary/aromatic N) is 4. The number of carbonyl (C=O) groups excluding carboxylic acids is 1. The summed E-state index contributed by atoms with van der Waals surface area (Å²) in [6.45, 7) is 3.85. The lowest BCUT2D eigenvalue weighted by molar-refractivity contribution is 0.262. The smallest absolute Gasteiger partial charge is 0.323 e. The normalized spacial score (nSPS) is 10.5. The van der Waals surface area contributed by atoms with Gasteiger partial charge >= 0.3 is 6.03 Å². The minimum atomic E-state index is -0.312. The molecule has 0 bridgehead atoms. The Balaban J connectivity index is 1.35. The second-order valence-electron chi connectivity index (χ2n) is 6.65. The molecule has 8 heteroatoms. The van der Waals surface area contributed by atoms with E-state index in [1.807, 2.05) is 50.4 Å². The van der Waals surface area contributed by atoms with Crippen LogP contribution in [0.4, 0.5) is 16.2 Å². The predicted molar refractivity (Wildman–Crippen MR) is 114 cm³/mol. The molecule has 0 unspecified atom stereocenters. The highest BCUT2D eigenvalue weighted by molar-refractivity contribution is 6.00. The van der Waals surface area contributed by atoms with Gasteiger partial charge in [0.25, 0.3) is 0 Å². The zero-order chi connectivity index (χ0) is 20.9. The highest BCUT2D eigenvalue weighted by atomic mass is 16.5. The van der Waals surface area contributed by atoms with Crippen molar-refractivity contribution >= 4 is 17.4 Å². The summed E-state index contributed by atoms with van der Waals surface area (Å²) in [6, 6.07) is 19.7. The molecular weight excluding hydrogens is 380 g/mol. The van der Waals surface area contributed by atoms with E-state index in [1.54, 1.807) is 41.1 Å². The Kier molecular flexibility index (Phi) is 5.38. The van der Waals surface area contributed by atoms with Crippen LogP contribution in [-0.2, 0) is 0 Å². The summed E-state index contributed by atoms with van der Waals surface area (Å²) in [4.78, 5) is 12.2. The molecular formula is C22H20N6O2. The number of hydrogen-bond acceptors (Lipinski definition) is 5. The number of carbonyl (C=O) groups is 1. The van der Waals surface area contributed by atoms with Gasteiger partial charge in [-0.3, -0.25) is 0 Å². The van der Waals surface area contributed by atoms with E-state index < -0.39 is 0 Å². The van der Waals surface area contributed by atoms with Crippen molar-refractivity contribution in [3.63, 3.8) is 0 Å². The molecule has 150 valence electrons. The van der Waals surface area contributed by atoms with Crippen molar-refractivity contribution in [1.82, 2.24) is 20.0 Å². The van der Waals surface area contributed by atoms with Gasteiger partial charge in [0.2, 0.25) is 5.88 Å². The Morgan fingerprint density at radius 3 is 2.37 bits per heavy atom. The molecule has 2 aromatic carbocycles. The molecule has 2 amide bonds. The van der Waals surface area contributed by atoms with Crippen LogP contribution in [0.15, 0.2) is 72.9 Å². The van der Waals surface area contributed by atoms with Gasteiger partial charge in [0, 0.05) is 23.6 Å². The third kappa shape index (κ3) is 4.61. The lowest BCUT2D eigenvalue weighted by atomic mass is 10.2.